The van der Waals surface area contributed by atoms with Gasteiger partial charge in [0.05, 0.1) is 23.5 Å². The standard InChI is InChI=1S/C25H23N5O2/c26-15-3-8-22(20-5-4-16-28-17-20)29-24(31)14-11-18-9-12-19(13-10-18)25(32)30-23-7-2-1-6-21(23)27/h1-2,4-7,9-14,16-17,22H,3,8,27H2,(H,29,31)(H,30,32)/b14-11+. The van der Waals surface area contributed by atoms with Gasteiger partial charge in [0.15, 0.2) is 0 Å². The molecule has 1 aromatic heterocycles. The number of nitrogen functional groups attached to an aromatic ring is 1. The number of hydrogen-bond acceptors (Lipinski definition) is 5. The number of anilines is 2. The summed E-state index contributed by atoms with van der Waals surface area (Å²) in [4.78, 5) is 28.9. The van der Waals surface area contributed by atoms with Crippen LogP contribution in [-0.2, 0) is 4.79 Å². The van der Waals surface area contributed by atoms with Crippen molar-refractivity contribution in [3.8, 4) is 6.07 Å². The van der Waals surface area contributed by atoms with E-state index in [-0.39, 0.29) is 17.9 Å². The average Bonchev–Trinajstić information content (AvgIpc) is 2.82. The Morgan fingerprint density at radius 2 is 1.88 bits per heavy atom. The number of nitrogens with one attached hydrogen (secondary N) is 2. The fraction of sp³-hybridized carbons (Fsp3) is 0.120. The molecule has 160 valence electrons. The molecule has 7 heteroatoms. The Balaban J connectivity index is 1.61. The molecule has 1 atom stereocenters. The first-order chi connectivity index (χ1) is 15.6. The summed E-state index contributed by atoms with van der Waals surface area (Å²) < 4.78 is 0. The summed E-state index contributed by atoms with van der Waals surface area (Å²) in [5, 5.41) is 14.6. The molecule has 0 spiro atoms. The van der Waals surface area contributed by atoms with Crippen LogP contribution in [0.5, 0.6) is 0 Å². The number of rotatable bonds is 8. The molecule has 32 heavy (non-hydrogen) atoms. The third-order valence-corrected chi connectivity index (χ3v) is 4.76. The van der Waals surface area contributed by atoms with Crippen molar-refractivity contribution >= 4 is 29.3 Å². The second-order valence-electron chi connectivity index (χ2n) is 7.04. The van der Waals surface area contributed by atoms with Crippen molar-refractivity contribution in [2.24, 2.45) is 0 Å². The molecular weight excluding hydrogens is 402 g/mol. The van der Waals surface area contributed by atoms with Crippen LogP contribution in [0.1, 0.15) is 40.4 Å². The molecule has 0 radical (unpaired) electrons. The lowest BCUT2D eigenvalue weighted by Gasteiger charge is -2.16. The smallest absolute Gasteiger partial charge is 0.255 e. The van der Waals surface area contributed by atoms with Gasteiger partial charge in [-0.15, -0.1) is 0 Å². The van der Waals surface area contributed by atoms with Crippen LogP contribution in [-0.4, -0.2) is 16.8 Å². The van der Waals surface area contributed by atoms with Gasteiger partial charge in [0, 0.05) is 30.5 Å². The number of nitrogens with two attached hydrogens (primary N) is 1. The van der Waals surface area contributed by atoms with Crippen molar-refractivity contribution in [3.63, 3.8) is 0 Å². The normalized spacial score (nSPS) is 11.5. The maximum atomic E-state index is 12.4. The number of para-hydroxylation sites is 2. The van der Waals surface area contributed by atoms with Gasteiger partial charge in [0.25, 0.3) is 5.91 Å². The Bertz CT molecular complexity index is 1130. The summed E-state index contributed by atoms with van der Waals surface area (Å²) in [6.07, 6.45) is 7.25. The van der Waals surface area contributed by atoms with Gasteiger partial charge in [0.2, 0.25) is 5.91 Å². The van der Waals surface area contributed by atoms with E-state index in [1.807, 2.05) is 6.07 Å². The Hall–Kier alpha value is -4.44. The zero-order chi connectivity index (χ0) is 22.8. The lowest BCUT2D eigenvalue weighted by molar-refractivity contribution is -0.117. The Kier molecular flexibility index (Phi) is 7.71. The summed E-state index contributed by atoms with van der Waals surface area (Å²) in [6, 6.07) is 19.4. The maximum Gasteiger partial charge on any atom is 0.255 e. The molecule has 4 N–H and O–H groups in total. The predicted octanol–water partition coefficient (Wildman–Crippen LogP) is 4.09. The van der Waals surface area contributed by atoms with Gasteiger partial charge in [-0.25, -0.2) is 0 Å². The van der Waals surface area contributed by atoms with E-state index in [0.717, 1.165) is 11.1 Å². The summed E-state index contributed by atoms with van der Waals surface area (Å²) in [5.41, 5.74) is 8.99. The quantitative estimate of drug-likeness (QED) is 0.371. The van der Waals surface area contributed by atoms with Gasteiger partial charge in [-0.05, 0) is 54.0 Å². The zero-order valence-corrected chi connectivity index (χ0v) is 17.4. The van der Waals surface area contributed by atoms with Gasteiger partial charge in [0.1, 0.15) is 0 Å². The molecule has 0 aliphatic rings. The Morgan fingerprint density at radius 1 is 1.09 bits per heavy atom. The van der Waals surface area contributed by atoms with Gasteiger partial charge in [-0.2, -0.15) is 5.26 Å². The van der Waals surface area contributed by atoms with Crippen LogP contribution in [0.25, 0.3) is 6.08 Å². The van der Waals surface area contributed by atoms with Crippen LogP contribution in [0, 0.1) is 11.3 Å². The molecule has 0 aliphatic heterocycles. The number of nitriles is 1. The summed E-state index contributed by atoms with van der Waals surface area (Å²) >= 11 is 0. The van der Waals surface area contributed by atoms with Crippen molar-refractivity contribution in [2.75, 3.05) is 11.1 Å². The number of nitrogens with zero attached hydrogens (tertiary/aromatic N) is 2. The number of benzene rings is 2. The maximum absolute atomic E-state index is 12.4. The molecule has 0 aliphatic carbocycles. The zero-order valence-electron chi connectivity index (χ0n) is 17.4. The predicted molar refractivity (Wildman–Crippen MR) is 124 cm³/mol. The molecule has 1 heterocycles. The van der Waals surface area contributed by atoms with Crippen LogP contribution in [0.4, 0.5) is 11.4 Å². The van der Waals surface area contributed by atoms with E-state index in [0.29, 0.717) is 29.8 Å². The second-order valence-corrected chi connectivity index (χ2v) is 7.04. The second kappa shape index (κ2) is 11.1. The van der Waals surface area contributed by atoms with Crippen molar-refractivity contribution in [2.45, 2.75) is 18.9 Å². The first kappa shape index (κ1) is 22.2. The van der Waals surface area contributed by atoms with E-state index >= 15 is 0 Å². The molecule has 0 fully saturated rings. The molecule has 2 amide bonds. The third kappa shape index (κ3) is 6.28. The van der Waals surface area contributed by atoms with Crippen LogP contribution < -0.4 is 16.4 Å². The fourth-order valence-electron chi connectivity index (χ4n) is 3.06. The van der Waals surface area contributed by atoms with E-state index < -0.39 is 0 Å². The molecule has 0 saturated heterocycles. The van der Waals surface area contributed by atoms with Gasteiger partial charge >= 0.3 is 0 Å². The minimum Gasteiger partial charge on any atom is -0.397 e. The van der Waals surface area contributed by atoms with E-state index in [2.05, 4.69) is 21.7 Å². The highest BCUT2D eigenvalue weighted by Gasteiger charge is 2.13. The number of amides is 2. The van der Waals surface area contributed by atoms with Crippen LogP contribution in [0.3, 0.4) is 0 Å². The Labute approximate surface area is 186 Å². The molecule has 7 nitrogen and oxygen atoms in total. The van der Waals surface area contributed by atoms with Crippen molar-refractivity contribution < 1.29 is 9.59 Å². The average molecular weight is 425 g/mol. The number of hydrogen-bond donors (Lipinski definition) is 3. The van der Waals surface area contributed by atoms with Crippen molar-refractivity contribution in [1.82, 2.24) is 10.3 Å². The summed E-state index contributed by atoms with van der Waals surface area (Å²) in [5.74, 6) is -0.550. The molecule has 3 aromatic rings. The number of aromatic nitrogens is 1. The molecule has 1 unspecified atom stereocenters. The van der Waals surface area contributed by atoms with Crippen LogP contribution in [0.15, 0.2) is 79.1 Å². The van der Waals surface area contributed by atoms with Crippen molar-refractivity contribution in [3.05, 3.63) is 95.8 Å². The van der Waals surface area contributed by atoms with Crippen LogP contribution in [0.2, 0.25) is 0 Å². The van der Waals surface area contributed by atoms with Crippen LogP contribution >= 0.6 is 0 Å². The van der Waals surface area contributed by atoms with E-state index in [9.17, 15) is 9.59 Å². The van der Waals surface area contributed by atoms with Gasteiger partial charge in [-0.3, -0.25) is 14.6 Å². The van der Waals surface area contributed by atoms with Gasteiger partial charge < -0.3 is 16.4 Å². The van der Waals surface area contributed by atoms with Gasteiger partial charge in [-0.1, -0.05) is 30.3 Å². The minimum atomic E-state index is -0.294. The fourth-order valence-corrected chi connectivity index (χ4v) is 3.06. The molecular formula is C25H23N5O2. The topological polar surface area (TPSA) is 121 Å². The summed E-state index contributed by atoms with van der Waals surface area (Å²) in [6.45, 7) is 0. The highest BCUT2D eigenvalue weighted by Crippen LogP contribution is 2.19. The SMILES string of the molecule is N#CCCC(NC(=O)/C=C/c1ccc(C(=O)Nc2ccccc2N)cc1)c1cccnc1. The lowest BCUT2D eigenvalue weighted by atomic mass is 10.0. The summed E-state index contributed by atoms with van der Waals surface area (Å²) in [7, 11) is 0. The largest absolute Gasteiger partial charge is 0.397 e. The molecule has 3 rings (SSSR count). The Morgan fingerprint density at radius 3 is 2.56 bits per heavy atom. The monoisotopic (exact) mass is 425 g/mol. The third-order valence-electron chi connectivity index (χ3n) is 4.76. The molecule has 0 saturated carbocycles. The van der Waals surface area contributed by atoms with Crippen molar-refractivity contribution in [1.29, 1.82) is 5.26 Å². The lowest BCUT2D eigenvalue weighted by Crippen LogP contribution is -2.26. The highest BCUT2D eigenvalue weighted by molar-refractivity contribution is 6.05. The number of carbonyl (C=O) groups excluding carboxylic acids is 2. The van der Waals surface area contributed by atoms with E-state index in [1.54, 1.807) is 73.1 Å². The number of carbonyl (C=O) groups is 2. The molecule has 2 aromatic carbocycles. The molecule has 0 bridgehead atoms. The number of pyridine rings is 1. The highest BCUT2D eigenvalue weighted by atomic mass is 16.2. The first-order valence-electron chi connectivity index (χ1n) is 10.1. The minimum absolute atomic E-state index is 0.270. The first-order valence-corrected chi connectivity index (χ1v) is 10.1. The van der Waals surface area contributed by atoms with E-state index in [4.69, 9.17) is 11.0 Å². The van der Waals surface area contributed by atoms with E-state index in [1.165, 1.54) is 6.08 Å².